The zero-order chi connectivity index (χ0) is 19.7. The van der Waals surface area contributed by atoms with E-state index in [2.05, 4.69) is 10.3 Å². The van der Waals surface area contributed by atoms with Gasteiger partial charge in [-0.15, -0.1) is 0 Å². The van der Waals surface area contributed by atoms with Gasteiger partial charge in [0, 0.05) is 24.6 Å². The van der Waals surface area contributed by atoms with Crippen LogP contribution >= 0.6 is 0 Å². The molecule has 2 aromatic carbocycles. The van der Waals surface area contributed by atoms with Crippen LogP contribution in [0.5, 0.6) is 0 Å². The predicted octanol–water partition coefficient (Wildman–Crippen LogP) is 2.79. The van der Waals surface area contributed by atoms with Crippen molar-refractivity contribution >= 4 is 22.6 Å². The first kappa shape index (κ1) is 17.7. The number of hydrogen-bond acceptors (Lipinski definition) is 3. The maximum Gasteiger partial charge on any atom is 0.329 e. The molecule has 0 saturated heterocycles. The molecule has 0 aliphatic rings. The molecular formula is C20H18FN5O2. The number of nitrogens with one attached hydrogen (secondary N) is 1. The highest BCUT2D eigenvalue weighted by Crippen LogP contribution is 2.18. The van der Waals surface area contributed by atoms with Gasteiger partial charge in [-0.25, -0.2) is 14.2 Å². The number of fused-ring (bicyclic) bond motifs is 1. The number of benzene rings is 2. The zero-order valence-electron chi connectivity index (χ0n) is 15.2. The van der Waals surface area contributed by atoms with E-state index >= 15 is 0 Å². The largest absolute Gasteiger partial charge is 0.329 e. The number of carbonyl (C=O) groups is 1. The van der Waals surface area contributed by atoms with Crippen LogP contribution in [0.1, 0.15) is 6.92 Å². The molecule has 1 N–H and O–H groups in total. The number of para-hydroxylation sites is 2. The van der Waals surface area contributed by atoms with E-state index < -0.39 is 11.7 Å². The van der Waals surface area contributed by atoms with Crippen molar-refractivity contribution in [3.05, 3.63) is 77.5 Å². The Morgan fingerprint density at radius 3 is 2.54 bits per heavy atom. The molecule has 0 saturated carbocycles. The summed E-state index contributed by atoms with van der Waals surface area (Å²) in [6, 6.07) is 11.7. The highest BCUT2D eigenvalue weighted by atomic mass is 19.1. The van der Waals surface area contributed by atoms with Crippen molar-refractivity contribution in [1.82, 2.24) is 18.7 Å². The Morgan fingerprint density at radius 1 is 1.14 bits per heavy atom. The number of imidazole rings is 2. The van der Waals surface area contributed by atoms with E-state index in [1.807, 2.05) is 25.1 Å². The molecular weight excluding hydrogens is 361 g/mol. The van der Waals surface area contributed by atoms with Crippen LogP contribution < -0.4 is 11.0 Å². The second kappa shape index (κ2) is 7.15. The third kappa shape index (κ3) is 3.09. The molecule has 1 amide bonds. The number of amides is 1. The van der Waals surface area contributed by atoms with Crippen molar-refractivity contribution in [2.75, 3.05) is 5.32 Å². The number of aromatic nitrogens is 4. The quantitative estimate of drug-likeness (QED) is 0.579. The molecule has 142 valence electrons. The SMILES string of the molecule is CCn1c(=O)n(CC(=O)Nc2ccc(-n3ccnc3)c(F)c2)c2ccccc21. The van der Waals surface area contributed by atoms with Crippen molar-refractivity contribution in [2.45, 2.75) is 20.0 Å². The van der Waals surface area contributed by atoms with Gasteiger partial charge in [0.05, 0.1) is 23.0 Å². The normalized spacial score (nSPS) is 11.1. The number of halogens is 1. The second-order valence-electron chi connectivity index (χ2n) is 6.29. The van der Waals surface area contributed by atoms with Crippen LogP contribution in [0.4, 0.5) is 10.1 Å². The Hall–Kier alpha value is -3.68. The maximum absolute atomic E-state index is 14.4. The van der Waals surface area contributed by atoms with E-state index in [1.54, 1.807) is 39.7 Å². The fraction of sp³-hybridized carbons (Fsp3) is 0.150. The number of anilines is 1. The van der Waals surface area contributed by atoms with Gasteiger partial charge in [0.25, 0.3) is 0 Å². The molecule has 0 spiro atoms. The average Bonchev–Trinajstić information content (AvgIpc) is 3.29. The average molecular weight is 379 g/mol. The lowest BCUT2D eigenvalue weighted by molar-refractivity contribution is -0.116. The Labute approximate surface area is 159 Å². The molecule has 28 heavy (non-hydrogen) atoms. The molecule has 0 unspecified atom stereocenters. The van der Waals surface area contributed by atoms with Crippen molar-refractivity contribution in [1.29, 1.82) is 0 Å². The van der Waals surface area contributed by atoms with Crippen molar-refractivity contribution in [3.8, 4) is 5.69 Å². The van der Waals surface area contributed by atoms with Crippen LogP contribution in [-0.2, 0) is 17.9 Å². The lowest BCUT2D eigenvalue weighted by Gasteiger charge is -2.09. The molecule has 7 nitrogen and oxygen atoms in total. The van der Waals surface area contributed by atoms with Crippen LogP contribution in [0.2, 0.25) is 0 Å². The summed E-state index contributed by atoms with van der Waals surface area (Å²) in [6.45, 7) is 2.23. The zero-order valence-corrected chi connectivity index (χ0v) is 15.2. The van der Waals surface area contributed by atoms with Gasteiger partial charge in [-0.2, -0.15) is 0 Å². The van der Waals surface area contributed by atoms with Crippen molar-refractivity contribution < 1.29 is 9.18 Å². The van der Waals surface area contributed by atoms with E-state index in [0.29, 0.717) is 23.4 Å². The molecule has 4 aromatic rings. The van der Waals surface area contributed by atoms with Crippen molar-refractivity contribution in [3.63, 3.8) is 0 Å². The summed E-state index contributed by atoms with van der Waals surface area (Å²) in [5, 5.41) is 2.65. The van der Waals surface area contributed by atoms with Crippen LogP contribution in [0.15, 0.2) is 66.0 Å². The number of nitrogens with zero attached hydrogens (tertiary/aromatic N) is 4. The number of aryl methyl sites for hydroxylation is 1. The van der Waals surface area contributed by atoms with Gasteiger partial charge >= 0.3 is 5.69 Å². The van der Waals surface area contributed by atoms with Gasteiger partial charge in [0.1, 0.15) is 12.4 Å². The first-order valence-corrected chi connectivity index (χ1v) is 8.84. The Bertz CT molecular complexity index is 1210. The summed E-state index contributed by atoms with van der Waals surface area (Å²) in [7, 11) is 0. The fourth-order valence-corrected chi connectivity index (χ4v) is 3.27. The topological polar surface area (TPSA) is 73.8 Å². The Morgan fingerprint density at radius 2 is 1.89 bits per heavy atom. The standard InChI is InChI=1S/C20H18FN5O2/c1-2-25-17-5-3-4-6-18(17)26(20(25)28)12-19(27)23-14-7-8-16(15(21)11-14)24-10-9-22-13-24/h3-11,13H,2,12H2,1H3,(H,23,27). The molecule has 0 aliphatic carbocycles. The van der Waals surface area contributed by atoms with Gasteiger partial charge in [-0.3, -0.25) is 13.9 Å². The minimum Gasteiger partial charge on any atom is -0.324 e. The predicted molar refractivity (Wildman–Crippen MR) is 104 cm³/mol. The minimum atomic E-state index is -0.490. The third-order valence-corrected chi connectivity index (χ3v) is 4.56. The molecule has 2 heterocycles. The summed E-state index contributed by atoms with van der Waals surface area (Å²) in [6.07, 6.45) is 4.68. The first-order chi connectivity index (χ1) is 13.6. The Balaban J connectivity index is 1.57. The number of hydrogen-bond donors (Lipinski definition) is 1. The molecule has 2 aromatic heterocycles. The minimum absolute atomic E-state index is 0.156. The van der Waals surface area contributed by atoms with Gasteiger partial charge < -0.3 is 9.88 Å². The smallest absolute Gasteiger partial charge is 0.324 e. The molecule has 0 fully saturated rings. The van der Waals surface area contributed by atoms with Gasteiger partial charge in [0.2, 0.25) is 5.91 Å². The molecule has 0 radical (unpaired) electrons. The summed E-state index contributed by atoms with van der Waals surface area (Å²) in [5.74, 6) is -0.897. The summed E-state index contributed by atoms with van der Waals surface area (Å²) >= 11 is 0. The van der Waals surface area contributed by atoms with E-state index in [1.165, 1.54) is 17.0 Å². The fourth-order valence-electron chi connectivity index (χ4n) is 3.27. The summed E-state index contributed by atoms with van der Waals surface area (Å²) < 4.78 is 18.9. The lowest BCUT2D eigenvalue weighted by atomic mass is 10.2. The summed E-state index contributed by atoms with van der Waals surface area (Å²) in [4.78, 5) is 29.0. The van der Waals surface area contributed by atoms with Crippen LogP contribution in [0, 0.1) is 5.82 Å². The monoisotopic (exact) mass is 379 g/mol. The molecule has 0 atom stereocenters. The molecule has 8 heteroatoms. The van der Waals surface area contributed by atoms with E-state index in [9.17, 15) is 14.0 Å². The highest BCUT2D eigenvalue weighted by Gasteiger charge is 2.15. The Kier molecular flexibility index (Phi) is 4.52. The van der Waals surface area contributed by atoms with Gasteiger partial charge in [0.15, 0.2) is 0 Å². The maximum atomic E-state index is 14.4. The first-order valence-electron chi connectivity index (χ1n) is 8.84. The van der Waals surface area contributed by atoms with E-state index in [-0.39, 0.29) is 12.2 Å². The van der Waals surface area contributed by atoms with Gasteiger partial charge in [-0.1, -0.05) is 12.1 Å². The summed E-state index contributed by atoms with van der Waals surface area (Å²) in [5.41, 5.74) is 1.86. The number of carbonyl (C=O) groups excluding carboxylic acids is 1. The molecule has 0 bridgehead atoms. The van der Waals surface area contributed by atoms with Crippen LogP contribution in [0.3, 0.4) is 0 Å². The highest BCUT2D eigenvalue weighted by molar-refractivity contribution is 5.91. The second-order valence-corrected chi connectivity index (χ2v) is 6.29. The van der Waals surface area contributed by atoms with Gasteiger partial charge in [-0.05, 0) is 37.3 Å². The van der Waals surface area contributed by atoms with E-state index in [4.69, 9.17) is 0 Å². The van der Waals surface area contributed by atoms with Crippen molar-refractivity contribution in [2.24, 2.45) is 0 Å². The van der Waals surface area contributed by atoms with Crippen LogP contribution in [-0.4, -0.2) is 24.6 Å². The van der Waals surface area contributed by atoms with E-state index in [0.717, 1.165) is 5.52 Å². The number of rotatable bonds is 5. The molecule has 4 rings (SSSR count). The third-order valence-electron chi connectivity index (χ3n) is 4.56. The lowest BCUT2D eigenvalue weighted by Crippen LogP contribution is -2.29. The van der Waals surface area contributed by atoms with Crippen LogP contribution in [0.25, 0.3) is 16.7 Å². The molecule has 0 aliphatic heterocycles.